The van der Waals surface area contributed by atoms with Crippen molar-refractivity contribution in [2.45, 2.75) is 25.3 Å². The molecule has 0 saturated carbocycles. The number of nitrogens with one attached hydrogen (secondary N) is 2. The Morgan fingerprint density at radius 2 is 1.90 bits per heavy atom. The van der Waals surface area contributed by atoms with Gasteiger partial charge >= 0.3 is 11.9 Å². The van der Waals surface area contributed by atoms with E-state index in [0.29, 0.717) is 4.70 Å². The Labute approximate surface area is 176 Å². The molecule has 0 spiro atoms. The number of amides is 1. The number of nitrogens with zero attached hydrogens (tertiary/aromatic N) is 2. The number of aromatic nitrogens is 3. The maximum atomic E-state index is 13.6. The number of alkyl halides is 3. The fourth-order valence-corrected chi connectivity index (χ4v) is 4.12. The summed E-state index contributed by atoms with van der Waals surface area (Å²) < 4.78 is 71.2. The van der Waals surface area contributed by atoms with Crippen LogP contribution in [0.2, 0.25) is 0 Å². The van der Waals surface area contributed by atoms with Crippen LogP contribution in [0.1, 0.15) is 30.0 Å². The molecule has 0 unspecified atom stereocenters. The molecule has 2 heterocycles. The number of hydrogen-bond donors (Lipinski definition) is 2. The molecule has 3 rings (SSSR count). The highest BCUT2D eigenvalue weighted by Crippen LogP contribution is 2.36. The normalized spacial score (nSPS) is 12.5. The Hall–Kier alpha value is -3.00. The number of aromatic amines is 1. The van der Waals surface area contributed by atoms with E-state index in [1.807, 2.05) is 9.71 Å². The van der Waals surface area contributed by atoms with Crippen molar-refractivity contribution in [1.29, 1.82) is 0 Å². The van der Waals surface area contributed by atoms with Crippen LogP contribution in [0.25, 0.3) is 21.2 Å². The molecule has 0 aliphatic rings. The monoisotopic (exact) mass is 476 g/mol. The van der Waals surface area contributed by atoms with Gasteiger partial charge in [0.1, 0.15) is 5.69 Å². The van der Waals surface area contributed by atoms with E-state index in [2.05, 4.69) is 4.37 Å². The summed E-state index contributed by atoms with van der Waals surface area (Å²) in [6, 6.07) is 3.69. The summed E-state index contributed by atoms with van der Waals surface area (Å²) >= 11 is 0.831. The first-order chi connectivity index (χ1) is 14.2. The second-order valence-electron chi connectivity index (χ2n) is 6.81. The minimum atomic E-state index is -5.02. The van der Waals surface area contributed by atoms with Gasteiger partial charge in [-0.2, -0.15) is 17.5 Å². The van der Waals surface area contributed by atoms with Crippen LogP contribution < -0.4 is 16.0 Å². The van der Waals surface area contributed by atoms with Gasteiger partial charge in [-0.15, -0.1) is 0 Å². The largest absolute Gasteiger partial charge is 0.432 e. The standard InChI is InChI=1S/C17H15F3N4O5S2/c1-7(2)31(28,29)23-15(26)12-9-6-8(4-5-10(9)30-22-12)11-13(17(18,19)20)24(3)16(27)21-14(11)25/h4-7H,1-3H3,(H,23,26)(H,21,25,27). The lowest BCUT2D eigenvalue weighted by atomic mass is 10.0. The molecule has 1 amide bonds. The van der Waals surface area contributed by atoms with Gasteiger partial charge in [0.15, 0.2) is 5.69 Å². The molecule has 0 aliphatic heterocycles. The summed E-state index contributed by atoms with van der Waals surface area (Å²) in [5.74, 6) is -1.05. The SMILES string of the molecule is CC(C)S(=O)(=O)NC(=O)c1nsc2ccc(-c3c(C(F)(F)F)n(C)c(=O)[nH]c3=O)cc12. The number of benzene rings is 1. The van der Waals surface area contributed by atoms with Crippen LogP contribution in [0.5, 0.6) is 0 Å². The minimum Gasteiger partial charge on any atom is -0.292 e. The zero-order chi connectivity index (χ0) is 23.3. The van der Waals surface area contributed by atoms with E-state index in [1.165, 1.54) is 26.0 Å². The van der Waals surface area contributed by atoms with E-state index in [1.54, 1.807) is 0 Å². The van der Waals surface area contributed by atoms with Crippen molar-refractivity contribution in [1.82, 2.24) is 18.6 Å². The lowest BCUT2D eigenvalue weighted by Crippen LogP contribution is -2.36. The molecule has 0 fully saturated rings. The molecular weight excluding hydrogens is 461 g/mol. The fraction of sp³-hybridized carbons (Fsp3) is 0.294. The Bertz CT molecular complexity index is 1420. The molecule has 1 aromatic carbocycles. The van der Waals surface area contributed by atoms with Gasteiger partial charge < -0.3 is 0 Å². The number of carbonyl (C=O) groups is 1. The zero-order valence-electron chi connectivity index (χ0n) is 16.2. The first-order valence-corrected chi connectivity index (χ1v) is 10.9. The lowest BCUT2D eigenvalue weighted by Gasteiger charge is -2.15. The Morgan fingerprint density at radius 3 is 2.48 bits per heavy atom. The van der Waals surface area contributed by atoms with Crippen molar-refractivity contribution in [2.75, 3.05) is 0 Å². The average molecular weight is 476 g/mol. The third-order valence-electron chi connectivity index (χ3n) is 4.42. The molecule has 2 N–H and O–H groups in total. The van der Waals surface area contributed by atoms with Gasteiger partial charge in [0, 0.05) is 12.4 Å². The number of carbonyl (C=O) groups excluding carboxylic acids is 1. The van der Waals surface area contributed by atoms with Gasteiger partial charge in [0.2, 0.25) is 10.0 Å². The number of rotatable bonds is 4. The first kappa shape index (κ1) is 22.7. The number of hydrogen-bond acceptors (Lipinski definition) is 7. The topological polar surface area (TPSA) is 131 Å². The summed E-state index contributed by atoms with van der Waals surface area (Å²) in [4.78, 5) is 38.2. The van der Waals surface area contributed by atoms with Gasteiger partial charge in [-0.25, -0.2) is 17.9 Å². The van der Waals surface area contributed by atoms with E-state index in [4.69, 9.17) is 0 Å². The first-order valence-electron chi connectivity index (χ1n) is 8.60. The van der Waals surface area contributed by atoms with Crippen molar-refractivity contribution in [2.24, 2.45) is 7.05 Å². The highest BCUT2D eigenvalue weighted by molar-refractivity contribution is 7.90. The Morgan fingerprint density at radius 1 is 1.26 bits per heavy atom. The van der Waals surface area contributed by atoms with Crippen LogP contribution in [0.3, 0.4) is 0 Å². The van der Waals surface area contributed by atoms with E-state index >= 15 is 0 Å². The molecule has 0 atom stereocenters. The molecule has 0 bridgehead atoms. The maximum absolute atomic E-state index is 13.6. The third-order valence-corrected chi connectivity index (χ3v) is 6.96. The van der Waals surface area contributed by atoms with Crippen molar-refractivity contribution in [3.8, 4) is 11.1 Å². The highest BCUT2D eigenvalue weighted by Gasteiger charge is 2.38. The zero-order valence-corrected chi connectivity index (χ0v) is 17.8. The Balaban J connectivity index is 2.23. The average Bonchev–Trinajstić information content (AvgIpc) is 3.06. The smallest absolute Gasteiger partial charge is 0.292 e. The van der Waals surface area contributed by atoms with E-state index < -0.39 is 49.9 Å². The van der Waals surface area contributed by atoms with Crippen LogP contribution in [-0.2, 0) is 23.2 Å². The van der Waals surface area contributed by atoms with Crippen LogP contribution in [0.15, 0.2) is 27.8 Å². The van der Waals surface area contributed by atoms with E-state index in [-0.39, 0.29) is 21.2 Å². The Kier molecular flexibility index (Phi) is 5.56. The van der Waals surface area contributed by atoms with Gasteiger partial charge in [-0.3, -0.25) is 19.1 Å². The molecule has 2 aromatic heterocycles. The summed E-state index contributed by atoms with van der Waals surface area (Å²) in [6.07, 6.45) is -5.02. The summed E-state index contributed by atoms with van der Waals surface area (Å²) in [6.45, 7) is 2.72. The third kappa shape index (κ3) is 4.12. The predicted octanol–water partition coefficient (Wildman–Crippen LogP) is 1.84. The van der Waals surface area contributed by atoms with Crippen LogP contribution in [0.4, 0.5) is 13.2 Å². The maximum Gasteiger partial charge on any atom is 0.432 e. The quantitative estimate of drug-likeness (QED) is 0.591. The highest BCUT2D eigenvalue weighted by atomic mass is 32.2. The molecule has 0 saturated heterocycles. The molecule has 0 aliphatic carbocycles. The minimum absolute atomic E-state index is 0.0559. The van der Waals surface area contributed by atoms with Gasteiger partial charge in [-0.05, 0) is 43.1 Å². The van der Waals surface area contributed by atoms with Crippen LogP contribution in [0, 0.1) is 0 Å². The van der Waals surface area contributed by atoms with E-state index in [9.17, 15) is 36.0 Å². The number of fused-ring (bicyclic) bond motifs is 1. The molecule has 0 radical (unpaired) electrons. The van der Waals surface area contributed by atoms with Crippen LogP contribution >= 0.6 is 11.5 Å². The molecule has 9 nitrogen and oxygen atoms in total. The summed E-state index contributed by atoms with van der Waals surface area (Å²) in [5, 5.41) is -0.851. The second-order valence-corrected chi connectivity index (χ2v) is 9.85. The van der Waals surface area contributed by atoms with Crippen molar-refractivity contribution >= 4 is 37.5 Å². The molecule has 3 aromatic rings. The molecular formula is C17H15F3N4O5S2. The summed E-state index contributed by atoms with van der Waals surface area (Å²) in [5.41, 5.74) is -5.32. The van der Waals surface area contributed by atoms with Crippen LogP contribution in [-0.4, -0.2) is 33.5 Å². The van der Waals surface area contributed by atoms with Crippen molar-refractivity contribution < 1.29 is 26.4 Å². The molecule has 14 heteroatoms. The number of sulfonamides is 1. The fourth-order valence-electron chi connectivity index (χ4n) is 2.77. The van der Waals surface area contributed by atoms with Gasteiger partial charge in [0.25, 0.3) is 11.5 Å². The number of H-pyrrole nitrogens is 1. The summed E-state index contributed by atoms with van der Waals surface area (Å²) in [7, 11) is -3.11. The van der Waals surface area contributed by atoms with Crippen molar-refractivity contribution in [3.63, 3.8) is 0 Å². The lowest BCUT2D eigenvalue weighted by molar-refractivity contribution is -0.143. The predicted molar refractivity (Wildman–Crippen MR) is 107 cm³/mol. The van der Waals surface area contributed by atoms with Gasteiger partial charge in [-0.1, -0.05) is 6.07 Å². The van der Waals surface area contributed by atoms with Crippen molar-refractivity contribution in [3.05, 3.63) is 50.4 Å². The second kappa shape index (κ2) is 7.60. The molecule has 31 heavy (non-hydrogen) atoms. The van der Waals surface area contributed by atoms with E-state index in [0.717, 1.165) is 24.6 Å². The number of halogens is 3. The molecule has 166 valence electrons. The van der Waals surface area contributed by atoms with Gasteiger partial charge in [0.05, 0.1) is 15.5 Å².